The van der Waals surface area contributed by atoms with Crippen LogP contribution in [0.5, 0.6) is 0 Å². The fraction of sp³-hybridized carbons (Fsp3) is 0.333. The highest BCUT2D eigenvalue weighted by atomic mass is 19.1. The summed E-state index contributed by atoms with van der Waals surface area (Å²) in [6, 6.07) is 8.27. The lowest BCUT2D eigenvalue weighted by Crippen LogP contribution is -2.47. The molecular weight excluding hydrogens is 465 g/mol. The van der Waals surface area contributed by atoms with Crippen LogP contribution in [0.3, 0.4) is 0 Å². The zero-order chi connectivity index (χ0) is 25.2. The normalized spacial score (nSPS) is 16.1. The van der Waals surface area contributed by atoms with Gasteiger partial charge in [-0.05, 0) is 36.8 Å². The molecule has 5 rings (SSSR count). The highest BCUT2D eigenvalue weighted by molar-refractivity contribution is 5.95. The molecule has 0 aliphatic carbocycles. The number of aromatic nitrogens is 4. The Morgan fingerprint density at radius 2 is 2.08 bits per heavy atom. The van der Waals surface area contributed by atoms with Crippen LogP contribution in [0.15, 0.2) is 52.2 Å². The number of hydrogen-bond donors (Lipinski definition) is 4. The average Bonchev–Trinajstić information content (AvgIpc) is 3.54. The molecule has 1 fully saturated rings. The molecule has 1 unspecified atom stereocenters. The molecule has 0 saturated carbocycles. The van der Waals surface area contributed by atoms with E-state index in [1.807, 2.05) is 4.90 Å². The minimum atomic E-state index is -0.695. The van der Waals surface area contributed by atoms with Crippen LogP contribution < -0.4 is 16.1 Å². The van der Waals surface area contributed by atoms with Gasteiger partial charge in [0.2, 0.25) is 5.95 Å². The lowest BCUT2D eigenvalue weighted by molar-refractivity contribution is 0.199. The molecule has 1 aliphatic rings. The van der Waals surface area contributed by atoms with Crippen LogP contribution in [-0.4, -0.2) is 68.3 Å². The maximum absolute atomic E-state index is 14.6. The maximum atomic E-state index is 14.6. The van der Waals surface area contributed by atoms with Crippen LogP contribution >= 0.6 is 0 Å². The molecule has 1 atom stereocenters. The molecule has 36 heavy (non-hydrogen) atoms. The monoisotopic (exact) mass is 493 g/mol. The predicted octanol–water partition coefficient (Wildman–Crippen LogP) is 1.88. The van der Waals surface area contributed by atoms with Gasteiger partial charge in [-0.1, -0.05) is 6.07 Å². The summed E-state index contributed by atoms with van der Waals surface area (Å²) < 4.78 is 21.6. The molecule has 3 aromatic heterocycles. The molecule has 5 N–H and O–H groups in total. The zero-order valence-electron chi connectivity index (χ0n) is 19.9. The Bertz CT molecular complexity index is 1430. The van der Waals surface area contributed by atoms with E-state index in [-0.39, 0.29) is 17.6 Å². The van der Waals surface area contributed by atoms with E-state index in [2.05, 4.69) is 25.0 Å². The van der Waals surface area contributed by atoms with Gasteiger partial charge in [-0.25, -0.2) is 14.1 Å². The van der Waals surface area contributed by atoms with E-state index < -0.39 is 6.10 Å². The fourth-order valence-electron chi connectivity index (χ4n) is 4.31. The van der Waals surface area contributed by atoms with Crippen molar-refractivity contribution in [1.82, 2.24) is 24.6 Å². The Labute approximate surface area is 206 Å². The smallest absolute Gasteiger partial charge is 0.201 e. The van der Waals surface area contributed by atoms with Crippen molar-refractivity contribution in [1.29, 1.82) is 5.41 Å². The molecule has 1 aliphatic heterocycles. The number of aromatic amines is 1. The number of anilines is 2. The van der Waals surface area contributed by atoms with Gasteiger partial charge in [0.25, 0.3) is 0 Å². The average molecular weight is 494 g/mol. The van der Waals surface area contributed by atoms with E-state index in [1.54, 1.807) is 42.1 Å². The molecule has 188 valence electrons. The van der Waals surface area contributed by atoms with Gasteiger partial charge in [0.1, 0.15) is 11.3 Å². The Morgan fingerprint density at radius 3 is 2.78 bits per heavy atom. The SMILES string of the molecule is CC(O)c1ccc(N2CCN(CCn3ncc4/c(=N/C(=N)c5ccco5)[nH]c(N)nc43)CC2)c(F)c1. The number of benzene rings is 1. The molecule has 0 amide bonds. The lowest BCUT2D eigenvalue weighted by Gasteiger charge is -2.36. The van der Waals surface area contributed by atoms with Crippen molar-refractivity contribution in [2.45, 2.75) is 19.6 Å². The second-order valence-electron chi connectivity index (χ2n) is 8.73. The van der Waals surface area contributed by atoms with Gasteiger partial charge in [-0.3, -0.25) is 10.3 Å². The van der Waals surface area contributed by atoms with Crippen molar-refractivity contribution in [2.75, 3.05) is 43.4 Å². The lowest BCUT2D eigenvalue weighted by atomic mass is 10.1. The van der Waals surface area contributed by atoms with Gasteiger partial charge in [0.05, 0.1) is 36.2 Å². The maximum Gasteiger partial charge on any atom is 0.201 e. The highest BCUT2D eigenvalue weighted by Crippen LogP contribution is 2.24. The molecule has 1 aromatic carbocycles. The van der Waals surface area contributed by atoms with Crippen LogP contribution in [0.4, 0.5) is 16.0 Å². The number of furan rings is 1. The third-order valence-corrected chi connectivity index (χ3v) is 6.31. The Morgan fingerprint density at radius 1 is 1.28 bits per heavy atom. The van der Waals surface area contributed by atoms with E-state index >= 15 is 0 Å². The van der Waals surface area contributed by atoms with Crippen LogP contribution in [0, 0.1) is 11.2 Å². The van der Waals surface area contributed by atoms with E-state index in [0.717, 1.165) is 19.6 Å². The second kappa shape index (κ2) is 9.91. The number of hydrogen-bond acceptors (Lipinski definition) is 8. The number of rotatable bonds is 6. The first-order chi connectivity index (χ1) is 17.4. The number of halogens is 1. The van der Waals surface area contributed by atoms with Gasteiger partial charge in [-0.2, -0.15) is 10.1 Å². The minimum absolute atomic E-state index is 0.0364. The number of fused-ring (bicyclic) bond motifs is 1. The van der Waals surface area contributed by atoms with Crippen molar-refractivity contribution in [3.63, 3.8) is 0 Å². The molecule has 11 nitrogen and oxygen atoms in total. The first-order valence-corrected chi connectivity index (χ1v) is 11.7. The summed E-state index contributed by atoms with van der Waals surface area (Å²) in [5, 5.41) is 22.9. The molecule has 1 saturated heterocycles. The highest BCUT2D eigenvalue weighted by Gasteiger charge is 2.20. The minimum Gasteiger partial charge on any atom is -0.461 e. The third-order valence-electron chi connectivity index (χ3n) is 6.31. The van der Waals surface area contributed by atoms with E-state index in [1.165, 1.54) is 12.3 Å². The van der Waals surface area contributed by atoms with Gasteiger partial charge >= 0.3 is 0 Å². The van der Waals surface area contributed by atoms with E-state index in [0.29, 0.717) is 53.2 Å². The van der Waals surface area contributed by atoms with Crippen LogP contribution in [0.1, 0.15) is 24.4 Å². The standard InChI is InChI=1S/C24H28FN9O2/c1-15(35)16-4-5-19(18(25)13-16)33-9-6-32(7-10-33)8-11-34-23-17(14-28-34)22(30-24(27)31-23)29-21(26)20-3-2-12-36-20/h2-5,12-15,35H,6-11H2,1H3,(H4,26,27,29,30,31). The van der Waals surface area contributed by atoms with Crippen LogP contribution in [0.2, 0.25) is 0 Å². The molecular formula is C24H28FN9O2. The fourth-order valence-corrected chi connectivity index (χ4v) is 4.31. The molecule has 12 heteroatoms. The Balaban J connectivity index is 1.25. The summed E-state index contributed by atoms with van der Waals surface area (Å²) in [7, 11) is 0. The molecule has 4 aromatic rings. The topological polar surface area (TPSA) is 149 Å². The zero-order valence-corrected chi connectivity index (χ0v) is 19.9. The van der Waals surface area contributed by atoms with Crippen molar-refractivity contribution >= 4 is 28.5 Å². The van der Waals surface area contributed by atoms with Gasteiger partial charge < -0.3 is 25.1 Å². The summed E-state index contributed by atoms with van der Waals surface area (Å²) >= 11 is 0. The molecule has 0 spiro atoms. The first kappa shape index (κ1) is 23.7. The Kier molecular flexibility index (Phi) is 6.53. The quantitative estimate of drug-likeness (QED) is 0.237. The number of amidine groups is 1. The summed E-state index contributed by atoms with van der Waals surface area (Å²) in [4.78, 5) is 15.9. The Hall–Kier alpha value is -4.03. The number of nitrogen functional groups attached to an aromatic ring is 1. The number of aliphatic hydroxyl groups is 1. The van der Waals surface area contributed by atoms with Crippen molar-refractivity contribution in [2.24, 2.45) is 4.99 Å². The summed E-state index contributed by atoms with van der Waals surface area (Å²) in [6.07, 6.45) is 2.45. The van der Waals surface area contributed by atoms with Gasteiger partial charge in [0, 0.05) is 32.7 Å². The number of piperazine rings is 1. The number of H-pyrrole nitrogens is 1. The molecule has 0 bridgehead atoms. The van der Waals surface area contributed by atoms with Crippen molar-refractivity contribution < 1.29 is 13.9 Å². The van der Waals surface area contributed by atoms with Gasteiger partial charge in [0.15, 0.2) is 17.2 Å². The number of nitrogens with zero attached hydrogens (tertiary/aromatic N) is 6. The molecule has 0 radical (unpaired) electrons. The van der Waals surface area contributed by atoms with Crippen molar-refractivity contribution in [3.05, 3.63) is 65.4 Å². The predicted molar refractivity (Wildman–Crippen MR) is 133 cm³/mol. The van der Waals surface area contributed by atoms with Crippen LogP contribution in [-0.2, 0) is 6.54 Å². The van der Waals surface area contributed by atoms with Gasteiger partial charge in [-0.15, -0.1) is 0 Å². The second-order valence-corrected chi connectivity index (χ2v) is 8.73. The van der Waals surface area contributed by atoms with E-state index in [4.69, 9.17) is 15.6 Å². The first-order valence-electron chi connectivity index (χ1n) is 11.7. The largest absolute Gasteiger partial charge is 0.461 e. The number of nitrogens with two attached hydrogens (primary N) is 1. The van der Waals surface area contributed by atoms with Crippen LogP contribution in [0.25, 0.3) is 11.0 Å². The summed E-state index contributed by atoms with van der Waals surface area (Å²) in [6.45, 7) is 5.91. The van der Waals surface area contributed by atoms with E-state index in [9.17, 15) is 9.50 Å². The number of aliphatic hydroxyl groups excluding tert-OH is 1. The number of nitrogens with one attached hydrogen (secondary N) is 2. The summed E-state index contributed by atoms with van der Waals surface area (Å²) in [5.74, 6) is 0.169. The van der Waals surface area contributed by atoms with Crippen molar-refractivity contribution in [3.8, 4) is 0 Å². The molecule has 4 heterocycles. The summed E-state index contributed by atoms with van der Waals surface area (Å²) in [5.41, 5.74) is 8.07. The third kappa shape index (κ3) is 4.86.